The monoisotopic (exact) mass is 256 g/mol. The van der Waals surface area contributed by atoms with Crippen LogP contribution < -0.4 is 5.32 Å². The lowest BCUT2D eigenvalue weighted by molar-refractivity contribution is 0.188. The molecule has 98 valence electrons. The molecule has 0 aliphatic heterocycles. The Morgan fingerprint density at radius 3 is 2.47 bits per heavy atom. The Labute approximate surface area is 108 Å². The molecule has 5 heteroatoms. The minimum Gasteiger partial charge on any atom is -0.360 e. The van der Waals surface area contributed by atoms with Crippen LogP contribution in [0.1, 0.15) is 39.6 Å². The van der Waals surface area contributed by atoms with Gasteiger partial charge in [0.05, 0.1) is 6.54 Å². The number of aromatic nitrogens is 2. The molecule has 0 unspecified atom stereocenters. The van der Waals surface area contributed by atoms with Crippen LogP contribution >= 0.6 is 11.3 Å². The third-order valence-electron chi connectivity index (χ3n) is 2.46. The molecule has 0 spiro atoms. The molecule has 17 heavy (non-hydrogen) atoms. The summed E-state index contributed by atoms with van der Waals surface area (Å²) in [6.07, 6.45) is 0. The molecule has 1 N–H and O–H groups in total. The van der Waals surface area contributed by atoms with Gasteiger partial charge in [-0.3, -0.25) is 4.90 Å². The summed E-state index contributed by atoms with van der Waals surface area (Å²) in [6.45, 7) is 13.9. The topological polar surface area (TPSA) is 41.1 Å². The van der Waals surface area contributed by atoms with Gasteiger partial charge in [0.15, 0.2) is 0 Å². The van der Waals surface area contributed by atoms with Crippen molar-refractivity contribution in [3.63, 3.8) is 0 Å². The first-order chi connectivity index (χ1) is 8.02. The van der Waals surface area contributed by atoms with Crippen molar-refractivity contribution in [2.24, 2.45) is 5.92 Å². The zero-order chi connectivity index (χ0) is 12.8. The molecule has 4 nitrogen and oxygen atoms in total. The molecule has 1 aromatic heterocycles. The quantitative estimate of drug-likeness (QED) is 0.814. The van der Waals surface area contributed by atoms with Gasteiger partial charge in [0.25, 0.3) is 0 Å². The van der Waals surface area contributed by atoms with E-state index in [4.69, 9.17) is 0 Å². The van der Waals surface area contributed by atoms with Crippen molar-refractivity contribution in [1.29, 1.82) is 0 Å². The van der Waals surface area contributed by atoms with E-state index in [1.165, 1.54) is 0 Å². The van der Waals surface area contributed by atoms with Crippen LogP contribution in [-0.4, -0.2) is 34.2 Å². The van der Waals surface area contributed by atoms with Crippen LogP contribution in [-0.2, 0) is 6.54 Å². The highest BCUT2D eigenvalue weighted by molar-refractivity contribution is 7.15. The molecule has 1 aromatic rings. The van der Waals surface area contributed by atoms with Gasteiger partial charge in [-0.2, -0.15) is 0 Å². The third-order valence-corrected chi connectivity index (χ3v) is 3.33. The molecular formula is C12H24N4S. The summed E-state index contributed by atoms with van der Waals surface area (Å²) >= 11 is 1.66. The Morgan fingerprint density at radius 1 is 1.24 bits per heavy atom. The maximum Gasteiger partial charge on any atom is 0.205 e. The minimum atomic E-state index is 0.545. The van der Waals surface area contributed by atoms with Crippen LogP contribution in [0.3, 0.4) is 0 Å². The molecule has 0 fully saturated rings. The van der Waals surface area contributed by atoms with Gasteiger partial charge >= 0.3 is 0 Å². The summed E-state index contributed by atoms with van der Waals surface area (Å²) in [5.74, 6) is 0.679. The SMILES string of the molecule is CCNc1nnc(CN(CC(C)C)C(C)C)s1. The summed E-state index contributed by atoms with van der Waals surface area (Å²) < 4.78 is 0. The Bertz CT molecular complexity index is 322. The number of anilines is 1. The van der Waals surface area contributed by atoms with Crippen molar-refractivity contribution in [3.05, 3.63) is 5.01 Å². The predicted molar refractivity (Wildman–Crippen MR) is 74.5 cm³/mol. The van der Waals surface area contributed by atoms with E-state index in [1.807, 2.05) is 0 Å². The Kier molecular flexibility index (Phi) is 5.85. The number of nitrogens with one attached hydrogen (secondary N) is 1. The average molecular weight is 256 g/mol. The summed E-state index contributed by atoms with van der Waals surface area (Å²) in [7, 11) is 0. The molecule has 0 aromatic carbocycles. The first-order valence-electron chi connectivity index (χ1n) is 6.33. The van der Waals surface area contributed by atoms with Crippen LogP contribution in [0.4, 0.5) is 5.13 Å². The fourth-order valence-corrected chi connectivity index (χ4v) is 2.47. The Balaban J connectivity index is 2.58. The van der Waals surface area contributed by atoms with E-state index in [9.17, 15) is 0 Å². The number of hydrogen-bond donors (Lipinski definition) is 1. The van der Waals surface area contributed by atoms with Gasteiger partial charge in [0.1, 0.15) is 5.01 Å². The summed E-state index contributed by atoms with van der Waals surface area (Å²) in [5, 5.41) is 13.6. The third kappa shape index (κ3) is 5.00. The summed E-state index contributed by atoms with van der Waals surface area (Å²) in [6, 6.07) is 0.545. The first kappa shape index (κ1) is 14.4. The van der Waals surface area contributed by atoms with Crippen molar-refractivity contribution in [2.75, 3.05) is 18.4 Å². The van der Waals surface area contributed by atoms with Crippen molar-refractivity contribution < 1.29 is 0 Å². The molecule has 0 bridgehead atoms. The van der Waals surface area contributed by atoms with Crippen LogP contribution in [0.2, 0.25) is 0 Å². The van der Waals surface area contributed by atoms with Gasteiger partial charge in [-0.05, 0) is 26.7 Å². The highest BCUT2D eigenvalue weighted by Crippen LogP contribution is 2.18. The lowest BCUT2D eigenvalue weighted by Gasteiger charge is -2.26. The normalized spacial score (nSPS) is 11.8. The van der Waals surface area contributed by atoms with Crippen LogP contribution in [0.5, 0.6) is 0 Å². The number of rotatable bonds is 7. The fourth-order valence-electron chi connectivity index (χ4n) is 1.64. The second-order valence-electron chi connectivity index (χ2n) is 4.95. The van der Waals surface area contributed by atoms with Gasteiger partial charge in [0.2, 0.25) is 5.13 Å². The highest BCUT2D eigenvalue weighted by Gasteiger charge is 2.14. The lowest BCUT2D eigenvalue weighted by Crippen LogP contribution is -2.33. The molecule has 0 amide bonds. The highest BCUT2D eigenvalue weighted by atomic mass is 32.1. The minimum absolute atomic E-state index is 0.545. The molecule has 0 aliphatic rings. The summed E-state index contributed by atoms with van der Waals surface area (Å²) in [5.41, 5.74) is 0. The van der Waals surface area contributed by atoms with E-state index in [0.717, 1.165) is 29.8 Å². The standard InChI is InChI=1S/C12H24N4S/c1-6-13-12-15-14-11(17-12)8-16(10(4)5)7-9(2)3/h9-10H,6-8H2,1-5H3,(H,13,15). The molecule has 0 aliphatic carbocycles. The fraction of sp³-hybridized carbons (Fsp3) is 0.833. The maximum absolute atomic E-state index is 4.23. The first-order valence-corrected chi connectivity index (χ1v) is 7.14. The lowest BCUT2D eigenvalue weighted by atomic mass is 10.2. The van der Waals surface area contributed by atoms with Crippen molar-refractivity contribution in [2.45, 2.75) is 47.2 Å². The smallest absolute Gasteiger partial charge is 0.205 e. The zero-order valence-electron chi connectivity index (χ0n) is 11.5. The molecule has 1 heterocycles. The largest absolute Gasteiger partial charge is 0.360 e. The van der Waals surface area contributed by atoms with E-state index < -0.39 is 0 Å². The van der Waals surface area contributed by atoms with Gasteiger partial charge in [-0.15, -0.1) is 10.2 Å². The average Bonchev–Trinajstić information content (AvgIpc) is 2.64. The molecule has 0 saturated heterocycles. The van der Waals surface area contributed by atoms with E-state index in [1.54, 1.807) is 11.3 Å². The van der Waals surface area contributed by atoms with E-state index in [2.05, 4.69) is 55.0 Å². The molecule has 0 radical (unpaired) electrons. The molecule has 1 rings (SSSR count). The Hall–Kier alpha value is -0.680. The van der Waals surface area contributed by atoms with Gasteiger partial charge in [0, 0.05) is 19.1 Å². The second-order valence-corrected chi connectivity index (χ2v) is 6.01. The van der Waals surface area contributed by atoms with Gasteiger partial charge in [-0.1, -0.05) is 25.2 Å². The van der Waals surface area contributed by atoms with Crippen LogP contribution in [0.15, 0.2) is 0 Å². The van der Waals surface area contributed by atoms with Gasteiger partial charge < -0.3 is 5.32 Å². The molecular weight excluding hydrogens is 232 g/mol. The number of hydrogen-bond acceptors (Lipinski definition) is 5. The van der Waals surface area contributed by atoms with Gasteiger partial charge in [-0.25, -0.2) is 0 Å². The van der Waals surface area contributed by atoms with Crippen molar-refractivity contribution in [1.82, 2.24) is 15.1 Å². The van der Waals surface area contributed by atoms with Crippen molar-refractivity contribution >= 4 is 16.5 Å². The molecule has 0 saturated carbocycles. The van der Waals surface area contributed by atoms with Crippen LogP contribution in [0.25, 0.3) is 0 Å². The van der Waals surface area contributed by atoms with E-state index in [0.29, 0.717) is 12.0 Å². The zero-order valence-corrected chi connectivity index (χ0v) is 12.3. The van der Waals surface area contributed by atoms with Crippen molar-refractivity contribution in [3.8, 4) is 0 Å². The van der Waals surface area contributed by atoms with E-state index >= 15 is 0 Å². The second kappa shape index (κ2) is 6.91. The summed E-state index contributed by atoms with van der Waals surface area (Å²) in [4.78, 5) is 2.45. The van der Waals surface area contributed by atoms with E-state index in [-0.39, 0.29) is 0 Å². The Morgan fingerprint density at radius 2 is 1.94 bits per heavy atom. The molecule has 0 atom stereocenters. The maximum atomic E-state index is 4.23. The predicted octanol–water partition coefficient (Wildman–Crippen LogP) is 2.84. The number of nitrogens with zero attached hydrogens (tertiary/aromatic N) is 3. The van der Waals surface area contributed by atoms with Crippen LogP contribution in [0, 0.1) is 5.92 Å².